The molecule has 3 rings (SSSR count). The Morgan fingerprint density at radius 2 is 2.22 bits per heavy atom. The van der Waals surface area contributed by atoms with Gasteiger partial charge in [0.2, 0.25) is 0 Å². The number of benzene rings is 1. The van der Waals surface area contributed by atoms with Crippen LogP contribution in [0.1, 0.15) is 35.7 Å². The summed E-state index contributed by atoms with van der Waals surface area (Å²) in [6.45, 7) is 0. The quantitative estimate of drug-likeness (QED) is 0.829. The van der Waals surface area contributed by atoms with Crippen LogP contribution < -0.4 is 5.73 Å². The van der Waals surface area contributed by atoms with Crippen molar-refractivity contribution in [2.75, 3.05) is 0 Å². The first-order valence-electron chi connectivity index (χ1n) is 6.26. The van der Waals surface area contributed by atoms with Gasteiger partial charge in [-0.25, -0.2) is 0 Å². The Kier molecular flexibility index (Phi) is 2.66. The van der Waals surface area contributed by atoms with Crippen molar-refractivity contribution in [3.8, 4) is 11.8 Å². The van der Waals surface area contributed by atoms with Crippen LogP contribution in [0.15, 0.2) is 36.5 Å². The second-order valence-corrected chi connectivity index (χ2v) is 4.75. The van der Waals surface area contributed by atoms with Gasteiger partial charge in [-0.15, -0.1) is 0 Å². The Morgan fingerprint density at radius 1 is 1.33 bits per heavy atom. The molecule has 1 unspecified atom stereocenters. The van der Waals surface area contributed by atoms with Crippen molar-refractivity contribution >= 4 is 0 Å². The zero-order chi connectivity index (χ0) is 12.5. The van der Waals surface area contributed by atoms with Gasteiger partial charge >= 0.3 is 0 Å². The summed E-state index contributed by atoms with van der Waals surface area (Å²) in [4.78, 5) is 0. The molecule has 0 amide bonds. The zero-order valence-electron chi connectivity index (χ0n) is 10.1. The smallest absolute Gasteiger partial charge is 0.0992 e. The zero-order valence-corrected chi connectivity index (χ0v) is 10.1. The van der Waals surface area contributed by atoms with E-state index < -0.39 is 0 Å². The van der Waals surface area contributed by atoms with Crippen LogP contribution in [0.2, 0.25) is 0 Å². The van der Waals surface area contributed by atoms with Gasteiger partial charge in [-0.3, -0.25) is 0 Å². The summed E-state index contributed by atoms with van der Waals surface area (Å²) in [5, 5.41) is 8.96. The highest BCUT2D eigenvalue weighted by Crippen LogP contribution is 2.30. The van der Waals surface area contributed by atoms with E-state index in [4.69, 9.17) is 11.0 Å². The maximum absolute atomic E-state index is 8.96. The van der Waals surface area contributed by atoms with Gasteiger partial charge in [0.15, 0.2) is 0 Å². The van der Waals surface area contributed by atoms with E-state index in [0.717, 1.165) is 24.9 Å². The number of rotatable bonds is 1. The molecule has 0 fully saturated rings. The number of nitrogens with two attached hydrogens (primary N) is 1. The van der Waals surface area contributed by atoms with Gasteiger partial charge < -0.3 is 10.3 Å². The molecular formula is C15H15N3. The molecule has 90 valence electrons. The van der Waals surface area contributed by atoms with Crippen LogP contribution >= 0.6 is 0 Å². The van der Waals surface area contributed by atoms with E-state index in [0.29, 0.717) is 5.56 Å². The fourth-order valence-corrected chi connectivity index (χ4v) is 2.69. The van der Waals surface area contributed by atoms with Crippen molar-refractivity contribution in [3.05, 3.63) is 53.3 Å². The highest BCUT2D eigenvalue weighted by molar-refractivity contribution is 5.45. The number of nitrogens with zero attached hydrogens (tertiary/aromatic N) is 2. The van der Waals surface area contributed by atoms with Crippen molar-refractivity contribution in [3.63, 3.8) is 0 Å². The molecule has 2 aromatic rings. The first-order chi connectivity index (χ1) is 8.79. The van der Waals surface area contributed by atoms with Crippen LogP contribution in [-0.2, 0) is 6.42 Å². The van der Waals surface area contributed by atoms with Crippen LogP contribution in [0, 0.1) is 11.3 Å². The molecule has 1 aliphatic carbocycles. The molecule has 0 bridgehead atoms. The van der Waals surface area contributed by atoms with Crippen molar-refractivity contribution in [1.82, 2.24) is 4.57 Å². The third kappa shape index (κ3) is 1.71. The number of fused-ring (bicyclic) bond motifs is 1. The Bertz CT molecular complexity index is 619. The molecule has 18 heavy (non-hydrogen) atoms. The average molecular weight is 237 g/mol. The maximum Gasteiger partial charge on any atom is 0.0992 e. The second-order valence-electron chi connectivity index (χ2n) is 4.75. The number of nitriles is 1. The molecule has 0 aliphatic heterocycles. The second kappa shape index (κ2) is 4.32. The lowest BCUT2D eigenvalue weighted by Gasteiger charge is -2.21. The van der Waals surface area contributed by atoms with Crippen LogP contribution in [0.5, 0.6) is 0 Å². The molecule has 0 spiro atoms. The molecule has 1 aromatic heterocycles. The number of hydrogen-bond donors (Lipinski definition) is 1. The van der Waals surface area contributed by atoms with Gasteiger partial charge in [-0.2, -0.15) is 5.26 Å². The minimum absolute atomic E-state index is 0.161. The molecule has 2 N–H and O–H groups in total. The van der Waals surface area contributed by atoms with Crippen molar-refractivity contribution in [2.45, 2.75) is 25.3 Å². The normalized spacial score (nSPS) is 18.1. The van der Waals surface area contributed by atoms with E-state index in [1.54, 1.807) is 0 Å². The molecular weight excluding hydrogens is 222 g/mol. The Balaban J connectivity index is 2.10. The van der Waals surface area contributed by atoms with E-state index in [1.807, 2.05) is 24.3 Å². The van der Waals surface area contributed by atoms with E-state index >= 15 is 0 Å². The number of hydrogen-bond acceptors (Lipinski definition) is 2. The Morgan fingerprint density at radius 3 is 3.06 bits per heavy atom. The fraction of sp³-hybridized carbons (Fsp3) is 0.267. The maximum atomic E-state index is 8.96. The summed E-state index contributed by atoms with van der Waals surface area (Å²) in [5.74, 6) is 0. The van der Waals surface area contributed by atoms with E-state index in [-0.39, 0.29) is 6.04 Å². The van der Waals surface area contributed by atoms with E-state index in [2.05, 4.69) is 22.9 Å². The third-order valence-corrected chi connectivity index (χ3v) is 3.61. The third-order valence-electron chi connectivity index (χ3n) is 3.61. The molecule has 1 atom stereocenters. The molecule has 0 saturated carbocycles. The standard InChI is InChI=1S/C15H15N3/c16-10-11-3-1-4-12(9-11)18-8-7-13-14(17)5-2-6-15(13)18/h1,3-4,7-9,14H,2,5-6,17H2. The highest BCUT2D eigenvalue weighted by Gasteiger charge is 2.20. The molecule has 3 heteroatoms. The Hall–Kier alpha value is -2.05. The molecule has 0 saturated heterocycles. The van der Waals surface area contributed by atoms with E-state index in [9.17, 15) is 0 Å². The lowest BCUT2D eigenvalue weighted by Crippen LogP contribution is -2.17. The van der Waals surface area contributed by atoms with Gasteiger partial charge in [0, 0.05) is 23.6 Å². The summed E-state index contributed by atoms with van der Waals surface area (Å²) in [7, 11) is 0. The van der Waals surface area contributed by atoms with Gasteiger partial charge in [-0.05, 0) is 49.1 Å². The van der Waals surface area contributed by atoms with Crippen LogP contribution in [0.25, 0.3) is 5.69 Å². The molecule has 1 aromatic carbocycles. The average Bonchev–Trinajstić information content (AvgIpc) is 2.84. The first-order valence-corrected chi connectivity index (χ1v) is 6.26. The lowest BCUT2D eigenvalue weighted by molar-refractivity contribution is 0.560. The minimum atomic E-state index is 0.161. The van der Waals surface area contributed by atoms with Gasteiger partial charge in [-0.1, -0.05) is 6.07 Å². The van der Waals surface area contributed by atoms with Crippen LogP contribution in [-0.4, -0.2) is 4.57 Å². The summed E-state index contributed by atoms with van der Waals surface area (Å²) >= 11 is 0. The monoisotopic (exact) mass is 237 g/mol. The summed E-state index contributed by atoms with van der Waals surface area (Å²) in [5.41, 5.74) is 10.4. The fourth-order valence-electron chi connectivity index (χ4n) is 2.69. The lowest BCUT2D eigenvalue weighted by atomic mass is 9.93. The number of aromatic nitrogens is 1. The van der Waals surface area contributed by atoms with Gasteiger partial charge in [0.25, 0.3) is 0 Å². The summed E-state index contributed by atoms with van der Waals surface area (Å²) in [6, 6.07) is 12.1. The van der Waals surface area contributed by atoms with Gasteiger partial charge in [0.1, 0.15) is 0 Å². The molecule has 1 heterocycles. The largest absolute Gasteiger partial charge is 0.324 e. The van der Waals surface area contributed by atoms with Crippen LogP contribution in [0.4, 0.5) is 0 Å². The topological polar surface area (TPSA) is 54.7 Å². The van der Waals surface area contributed by atoms with Gasteiger partial charge in [0.05, 0.1) is 11.6 Å². The van der Waals surface area contributed by atoms with Crippen LogP contribution in [0.3, 0.4) is 0 Å². The van der Waals surface area contributed by atoms with Crippen molar-refractivity contribution < 1.29 is 0 Å². The predicted octanol–water partition coefficient (Wildman–Crippen LogP) is 2.69. The molecule has 3 nitrogen and oxygen atoms in total. The minimum Gasteiger partial charge on any atom is -0.324 e. The highest BCUT2D eigenvalue weighted by atomic mass is 15.0. The molecule has 1 aliphatic rings. The summed E-state index contributed by atoms with van der Waals surface area (Å²) in [6.07, 6.45) is 5.32. The predicted molar refractivity (Wildman–Crippen MR) is 70.4 cm³/mol. The SMILES string of the molecule is N#Cc1cccc(-n2ccc3c2CCCC3N)c1. The summed E-state index contributed by atoms with van der Waals surface area (Å²) < 4.78 is 2.16. The van der Waals surface area contributed by atoms with Crippen molar-refractivity contribution in [1.29, 1.82) is 5.26 Å². The van der Waals surface area contributed by atoms with Crippen molar-refractivity contribution in [2.24, 2.45) is 5.73 Å². The Labute approximate surface area is 106 Å². The first kappa shape index (κ1) is 11.1. The van der Waals surface area contributed by atoms with E-state index in [1.165, 1.54) is 11.3 Å². The molecule has 0 radical (unpaired) electrons.